The number of halogens is 1. The van der Waals surface area contributed by atoms with E-state index >= 15 is 0 Å². The molecule has 0 saturated carbocycles. The molecule has 0 radical (unpaired) electrons. The Kier molecular flexibility index (Phi) is 4.83. The van der Waals surface area contributed by atoms with Crippen molar-refractivity contribution in [3.05, 3.63) is 30.1 Å². The third kappa shape index (κ3) is 3.48. The Bertz CT molecular complexity index is 535. The minimum absolute atomic E-state index is 0.0215. The SMILES string of the molecule is CCCCN(C)CC(Cl)c1ccc2c(c1)ncn2C. The van der Waals surface area contributed by atoms with Crippen molar-refractivity contribution in [2.24, 2.45) is 7.05 Å². The monoisotopic (exact) mass is 279 g/mol. The van der Waals surface area contributed by atoms with E-state index in [1.54, 1.807) is 0 Å². The van der Waals surface area contributed by atoms with Gasteiger partial charge in [0.25, 0.3) is 0 Å². The van der Waals surface area contributed by atoms with Crippen LogP contribution >= 0.6 is 11.6 Å². The lowest BCUT2D eigenvalue weighted by molar-refractivity contribution is 0.328. The number of unbranched alkanes of at least 4 members (excludes halogenated alkanes) is 1. The normalized spacial score (nSPS) is 13.3. The van der Waals surface area contributed by atoms with Crippen molar-refractivity contribution in [1.82, 2.24) is 14.5 Å². The fourth-order valence-electron chi connectivity index (χ4n) is 2.25. The highest BCUT2D eigenvalue weighted by molar-refractivity contribution is 6.21. The highest BCUT2D eigenvalue weighted by atomic mass is 35.5. The number of fused-ring (bicyclic) bond motifs is 1. The molecular weight excluding hydrogens is 258 g/mol. The Morgan fingerprint density at radius 3 is 2.95 bits per heavy atom. The van der Waals surface area contributed by atoms with Gasteiger partial charge in [-0.25, -0.2) is 4.98 Å². The number of hydrogen-bond donors (Lipinski definition) is 0. The van der Waals surface area contributed by atoms with Gasteiger partial charge in [0, 0.05) is 13.6 Å². The van der Waals surface area contributed by atoms with E-state index in [0.29, 0.717) is 0 Å². The van der Waals surface area contributed by atoms with Gasteiger partial charge in [-0.2, -0.15) is 0 Å². The van der Waals surface area contributed by atoms with Crippen LogP contribution in [0.2, 0.25) is 0 Å². The van der Waals surface area contributed by atoms with E-state index in [-0.39, 0.29) is 5.38 Å². The third-order valence-corrected chi connectivity index (χ3v) is 3.87. The molecule has 1 atom stereocenters. The molecule has 1 aromatic carbocycles. The zero-order chi connectivity index (χ0) is 13.8. The van der Waals surface area contributed by atoms with Crippen LogP contribution in [0.25, 0.3) is 11.0 Å². The Morgan fingerprint density at radius 1 is 1.42 bits per heavy atom. The Balaban J connectivity index is 2.06. The van der Waals surface area contributed by atoms with Gasteiger partial charge in [0.15, 0.2) is 0 Å². The Morgan fingerprint density at radius 2 is 2.21 bits per heavy atom. The number of hydrogen-bond acceptors (Lipinski definition) is 2. The van der Waals surface area contributed by atoms with Crippen molar-refractivity contribution in [2.45, 2.75) is 25.1 Å². The van der Waals surface area contributed by atoms with Crippen LogP contribution in [0.5, 0.6) is 0 Å². The average Bonchev–Trinajstić information content (AvgIpc) is 2.77. The lowest BCUT2D eigenvalue weighted by atomic mass is 10.1. The quantitative estimate of drug-likeness (QED) is 0.754. The van der Waals surface area contributed by atoms with Gasteiger partial charge in [-0.05, 0) is 37.7 Å². The highest BCUT2D eigenvalue weighted by Gasteiger charge is 2.12. The van der Waals surface area contributed by atoms with Crippen LogP contribution in [-0.4, -0.2) is 34.6 Å². The number of rotatable bonds is 6. The number of benzene rings is 1. The van der Waals surface area contributed by atoms with Gasteiger partial charge < -0.3 is 9.47 Å². The number of aromatic nitrogens is 2. The molecule has 1 aromatic heterocycles. The van der Waals surface area contributed by atoms with Gasteiger partial charge in [-0.15, -0.1) is 11.6 Å². The Labute approximate surface area is 120 Å². The van der Waals surface area contributed by atoms with Crippen LogP contribution in [0, 0.1) is 0 Å². The predicted molar refractivity (Wildman–Crippen MR) is 81.7 cm³/mol. The first-order chi connectivity index (χ1) is 9.11. The second kappa shape index (κ2) is 6.40. The molecule has 0 spiro atoms. The summed E-state index contributed by atoms with van der Waals surface area (Å²) in [7, 11) is 4.13. The lowest BCUT2D eigenvalue weighted by Gasteiger charge is -2.20. The summed E-state index contributed by atoms with van der Waals surface area (Å²) in [6.07, 6.45) is 4.28. The first kappa shape index (κ1) is 14.4. The van der Waals surface area contributed by atoms with Gasteiger partial charge in [0.1, 0.15) is 0 Å². The van der Waals surface area contributed by atoms with E-state index in [1.807, 2.05) is 17.9 Å². The second-order valence-electron chi connectivity index (χ2n) is 5.19. The summed E-state index contributed by atoms with van der Waals surface area (Å²) in [5.41, 5.74) is 3.31. The van der Waals surface area contributed by atoms with Crippen LogP contribution < -0.4 is 0 Å². The predicted octanol–water partition coefficient (Wildman–Crippen LogP) is 3.59. The molecule has 0 bridgehead atoms. The largest absolute Gasteiger partial charge is 0.334 e. The molecule has 0 amide bonds. The maximum atomic E-state index is 6.51. The summed E-state index contributed by atoms with van der Waals surface area (Å²) in [4.78, 5) is 6.68. The van der Waals surface area contributed by atoms with Crippen LogP contribution in [0.4, 0.5) is 0 Å². The molecule has 0 aliphatic rings. The minimum atomic E-state index is 0.0215. The first-order valence-electron chi connectivity index (χ1n) is 6.85. The van der Waals surface area contributed by atoms with Crippen molar-refractivity contribution >= 4 is 22.6 Å². The van der Waals surface area contributed by atoms with Crippen LogP contribution in [-0.2, 0) is 7.05 Å². The Hall–Kier alpha value is -1.06. The number of aryl methyl sites for hydroxylation is 1. The topological polar surface area (TPSA) is 21.1 Å². The van der Waals surface area contributed by atoms with Crippen LogP contribution in [0.1, 0.15) is 30.7 Å². The van der Waals surface area contributed by atoms with Gasteiger partial charge in [-0.3, -0.25) is 0 Å². The van der Waals surface area contributed by atoms with E-state index in [1.165, 1.54) is 12.8 Å². The molecule has 0 aliphatic heterocycles. The van der Waals surface area contributed by atoms with Crippen molar-refractivity contribution in [1.29, 1.82) is 0 Å². The maximum absolute atomic E-state index is 6.51. The van der Waals surface area contributed by atoms with Gasteiger partial charge in [0.2, 0.25) is 0 Å². The molecule has 19 heavy (non-hydrogen) atoms. The average molecular weight is 280 g/mol. The smallest absolute Gasteiger partial charge is 0.0955 e. The van der Waals surface area contributed by atoms with Crippen molar-refractivity contribution in [3.8, 4) is 0 Å². The lowest BCUT2D eigenvalue weighted by Crippen LogP contribution is -2.23. The fourth-order valence-corrected chi connectivity index (χ4v) is 2.62. The van der Waals surface area contributed by atoms with Crippen molar-refractivity contribution in [3.63, 3.8) is 0 Å². The fraction of sp³-hybridized carbons (Fsp3) is 0.533. The zero-order valence-corrected chi connectivity index (χ0v) is 12.7. The van der Waals surface area contributed by atoms with Gasteiger partial charge >= 0.3 is 0 Å². The minimum Gasteiger partial charge on any atom is -0.334 e. The van der Waals surface area contributed by atoms with Crippen LogP contribution in [0.15, 0.2) is 24.5 Å². The number of alkyl halides is 1. The van der Waals surface area contributed by atoms with Crippen molar-refractivity contribution in [2.75, 3.05) is 20.1 Å². The summed E-state index contributed by atoms with van der Waals surface area (Å²) >= 11 is 6.51. The van der Waals surface area contributed by atoms with E-state index < -0.39 is 0 Å². The summed E-state index contributed by atoms with van der Waals surface area (Å²) in [6.45, 7) is 4.19. The van der Waals surface area contributed by atoms with Gasteiger partial charge in [-0.1, -0.05) is 19.4 Å². The van der Waals surface area contributed by atoms with E-state index in [0.717, 1.165) is 29.7 Å². The van der Waals surface area contributed by atoms with E-state index in [2.05, 4.69) is 42.1 Å². The molecule has 2 aromatic rings. The zero-order valence-electron chi connectivity index (χ0n) is 11.9. The number of likely N-dealkylation sites (N-methyl/N-ethyl adjacent to an activating group) is 1. The molecule has 2 rings (SSSR count). The summed E-state index contributed by atoms with van der Waals surface area (Å²) in [5.74, 6) is 0. The van der Waals surface area contributed by atoms with Crippen LogP contribution in [0.3, 0.4) is 0 Å². The maximum Gasteiger partial charge on any atom is 0.0955 e. The molecule has 1 unspecified atom stereocenters. The number of nitrogens with zero attached hydrogens (tertiary/aromatic N) is 3. The summed E-state index contributed by atoms with van der Waals surface area (Å²) in [6, 6.07) is 6.30. The van der Waals surface area contributed by atoms with Gasteiger partial charge in [0.05, 0.1) is 22.7 Å². The molecule has 0 saturated heterocycles. The molecule has 0 fully saturated rings. The molecule has 4 heteroatoms. The standard InChI is InChI=1S/C15H22ClN3/c1-4-5-8-18(2)10-13(16)12-6-7-15-14(9-12)17-11-19(15)3/h6-7,9,11,13H,4-5,8,10H2,1-3H3. The van der Waals surface area contributed by atoms with Crippen molar-refractivity contribution < 1.29 is 0 Å². The molecule has 0 aliphatic carbocycles. The molecule has 104 valence electrons. The number of imidazole rings is 1. The van der Waals surface area contributed by atoms with E-state index in [4.69, 9.17) is 11.6 Å². The van der Waals surface area contributed by atoms with E-state index in [9.17, 15) is 0 Å². The molecule has 1 heterocycles. The first-order valence-corrected chi connectivity index (χ1v) is 7.29. The highest BCUT2D eigenvalue weighted by Crippen LogP contribution is 2.24. The summed E-state index contributed by atoms with van der Waals surface area (Å²) < 4.78 is 2.02. The summed E-state index contributed by atoms with van der Waals surface area (Å²) in [5, 5.41) is 0.0215. The molecular formula is C15H22ClN3. The molecule has 0 N–H and O–H groups in total. The second-order valence-corrected chi connectivity index (χ2v) is 5.71. The molecule has 3 nitrogen and oxygen atoms in total. The third-order valence-electron chi connectivity index (χ3n) is 3.48.